The molecule has 25 heavy (non-hydrogen) atoms. The minimum atomic E-state index is -0.337. The Balaban J connectivity index is 1.40. The van der Waals surface area contributed by atoms with Crippen LogP contribution in [0.15, 0.2) is 24.3 Å². The van der Waals surface area contributed by atoms with E-state index in [0.717, 1.165) is 38.9 Å². The average molecular weight is 348 g/mol. The smallest absolute Gasteiger partial charge is 0.319 e. The maximum absolute atomic E-state index is 12.9. The molecular weight excluding hydrogens is 323 g/mol. The summed E-state index contributed by atoms with van der Waals surface area (Å²) in [6.45, 7) is 3.65. The highest BCUT2D eigenvalue weighted by molar-refractivity contribution is 5.89. The van der Waals surface area contributed by atoms with Crippen LogP contribution in [0.4, 0.5) is 14.9 Å². The summed E-state index contributed by atoms with van der Waals surface area (Å²) in [5.74, 6) is -0.146. The van der Waals surface area contributed by atoms with Crippen LogP contribution in [0.5, 0.6) is 0 Å². The third-order valence-electron chi connectivity index (χ3n) is 4.78. The first-order chi connectivity index (χ1) is 12.1. The molecular formula is C18H25FN4O2. The van der Waals surface area contributed by atoms with Crippen LogP contribution in [0.2, 0.25) is 0 Å². The topological polar surface area (TPSA) is 64.7 Å². The number of likely N-dealkylation sites (tertiary alicyclic amines) is 2. The van der Waals surface area contributed by atoms with Crippen molar-refractivity contribution < 1.29 is 14.0 Å². The molecule has 1 aromatic rings. The molecule has 0 bridgehead atoms. The van der Waals surface area contributed by atoms with Gasteiger partial charge in [-0.25, -0.2) is 9.18 Å². The van der Waals surface area contributed by atoms with E-state index in [-0.39, 0.29) is 23.8 Å². The Labute approximate surface area is 147 Å². The third kappa shape index (κ3) is 5.16. The van der Waals surface area contributed by atoms with Gasteiger partial charge in [0.15, 0.2) is 0 Å². The maximum atomic E-state index is 12.9. The van der Waals surface area contributed by atoms with Crippen molar-refractivity contribution in [3.8, 4) is 0 Å². The van der Waals surface area contributed by atoms with Gasteiger partial charge in [-0.2, -0.15) is 0 Å². The quantitative estimate of drug-likeness (QED) is 0.875. The van der Waals surface area contributed by atoms with E-state index in [0.29, 0.717) is 18.8 Å². The van der Waals surface area contributed by atoms with Crippen molar-refractivity contribution in [3.63, 3.8) is 0 Å². The predicted molar refractivity (Wildman–Crippen MR) is 93.8 cm³/mol. The fourth-order valence-corrected chi connectivity index (χ4v) is 3.41. The lowest BCUT2D eigenvalue weighted by molar-refractivity contribution is -0.133. The van der Waals surface area contributed by atoms with Crippen LogP contribution in [0, 0.1) is 5.82 Å². The van der Waals surface area contributed by atoms with Crippen LogP contribution < -0.4 is 10.6 Å². The number of urea groups is 1. The minimum Gasteiger partial charge on any atom is -0.342 e. The Hall–Kier alpha value is -2.15. The van der Waals surface area contributed by atoms with E-state index in [9.17, 15) is 14.0 Å². The molecule has 0 unspecified atom stereocenters. The Bertz CT molecular complexity index is 602. The highest BCUT2D eigenvalue weighted by atomic mass is 19.1. The SMILES string of the molecule is O=C(Nc1ccc(F)cc1)N[C@@H]1CCN(CC(=O)N2CCCCC2)C1. The Morgan fingerprint density at radius 2 is 1.80 bits per heavy atom. The Morgan fingerprint density at radius 1 is 1.08 bits per heavy atom. The fraction of sp³-hybridized carbons (Fsp3) is 0.556. The molecule has 2 aliphatic heterocycles. The minimum absolute atomic E-state index is 0.0228. The van der Waals surface area contributed by atoms with Crippen molar-refractivity contribution in [1.82, 2.24) is 15.1 Å². The van der Waals surface area contributed by atoms with E-state index in [1.807, 2.05) is 4.90 Å². The summed E-state index contributed by atoms with van der Waals surface area (Å²) >= 11 is 0. The van der Waals surface area contributed by atoms with Gasteiger partial charge in [-0.15, -0.1) is 0 Å². The number of anilines is 1. The molecule has 0 aliphatic carbocycles. The summed E-state index contributed by atoms with van der Waals surface area (Å²) < 4.78 is 12.9. The van der Waals surface area contributed by atoms with Crippen LogP contribution >= 0.6 is 0 Å². The van der Waals surface area contributed by atoms with E-state index in [1.165, 1.54) is 30.7 Å². The van der Waals surface area contributed by atoms with Crippen LogP contribution in [-0.4, -0.2) is 60.5 Å². The second kappa shape index (κ2) is 8.29. The number of carbonyl (C=O) groups excluding carboxylic acids is 2. The van der Waals surface area contributed by atoms with E-state index in [1.54, 1.807) is 0 Å². The van der Waals surface area contributed by atoms with Crippen LogP contribution in [-0.2, 0) is 4.79 Å². The van der Waals surface area contributed by atoms with E-state index in [4.69, 9.17) is 0 Å². The number of amides is 3. The molecule has 136 valence electrons. The first kappa shape index (κ1) is 17.7. The second-order valence-corrected chi connectivity index (χ2v) is 6.77. The molecule has 0 aromatic heterocycles. The first-order valence-corrected chi connectivity index (χ1v) is 8.93. The van der Waals surface area contributed by atoms with Crippen molar-refractivity contribution in [1.29, 1.82) is 0 Å². The van der Waals surface area contributed by atoms with E-state index < -0.39 is 0 Å². The number of carbonyl (C=O) groups is 2. The number of rotatable bonds is 4. The fourth-order valence-electron chi connectivity index (χ4n) is 3.41. The average Bonchev–Trinajstić information content (AvgIpc) is 3.04. The number of hydrogen-bond acceptors (Lipinski definition) is 3. The zero-order valence-corrected chi connectivity index (χ0v) is 14.3. The molecule has 2 aliphatic rings. The van der Waals surface area contributed by atoms with Crippen molar-refractivity contribution >= 4 is 17.6 Å². The van der Waals surface area contributed by atoms with Gasteiger partial charge in [-0.05, 0) is 49.9 Å². The number of benzene rings is 1. The molecule has 0 radical (unpaired) electrons. The lowest BCUT2D eigenvalue weighted by Gasteiger charge is -2.28. The lowest BCUT2D eigenvalue weighted by Crippen LogP contribution is -2.44. The summed E-state index contributed by atoms with van der Waals surface area (Å²) in [5.41, 5.74) is 0.550. The molecule has 0 spiro atoms. The molecule has 2 saturated heterocycles. The lowest BCUT2D eigenvalue weighted by atomic mass is 10.1. The summed E-state index contributed by atoms with van der Waals surface area (Å²) in [6, 6.07) is 5.37. The molecule has 7 heteroatoms. The Kier molecular flexibility index (Phi) is 5.86. The second-order valence-electron chi connectivity index (χ2n) is 6.77. The zero-order valence-electron chi connectivity index (χ0n) is 14.3. The molecule has 6 nitrogen and oxygen atoms in total. The number of nitrogens with one attached hydrogen (secondary N) is 2. The van der Waals surface area contributed by atoms with Crippen molar-refractivity contribution in [2.24, 2.45) is 0 Å². The van der Waals surface area contributed by atoms with Gasteiger partial charge >= 0.3 is 6.03 Å². The standard InChI is InChI=1S/C18H25FN4O2/c19-14-4-6-15(7-5-14)20-18(25)21-16-8-11-22(12-16)13-17(24)23-9-2-1-3-10-23/h4-7,16H,1-3,8-13H2,(H2,20,21,25)/t16-/m1/s1. The van der Waals surface area contributed by atoms with Gasteiger partial charge in [0.1, 0.15) is 5.82 Å². The normalized spacial score (nSPS) is 21.2. The van der Waals surface area contributed by atoms with E-state index >= 15 is 0 Å². The van der Waals surface area contributed by atoms with Gasteiger partial charge < -0.3 is 15.5 Å². The van der Waals surface area contributed by atoms with Gasteiger partial charge in [-0.1, -0.05) is 0 Å². The summed E-state index contributed by atoms with van der Waals surface area (Å²) in [4.78, 5) is 28.4. The van der Waals surface area contributed by atoms with Crippen molar-refractivity contribution in [2.45, 2.75) is 31.7 Å². The predicted octanol–water partition coefficient (Wildman–Crippen LogP) is 2.03. The molecule has 2 heterocycles. The summed E-state index contributed by atoms with van der Waals surface area (Å²) in [6.07, 6.45) is 4.23. The van der Waals surface area contributed by atoms with Crippen LogP contribution in [0.1, 0.15) is 25.7 Å². The largest absolute Gasteiger partial charge is 0.342 e. The van der Waals surface area contributed by atoms with Gasteiger partial charge in [-0.3, -0.25) is 9.69 Å². The molecule has 1 aromatic carbocycles. The van der Waals surface area contributed by atoms with Crippen LogP contribution in [0.25, 0.3) is 0 Å². The highest BCUT2D eigenvalue weighted by Crippen LogP contribution is 2.13. The monoisotopic (exact) mass is 348 g/mol. The summed E-state index contributed by atoms with van der Waals surface area (Å²) in [7, 11) is 0. The number of hydrogen-bond donors (Lipinski definition) is 2. The number of halogens is 1. The Morgan fingerprint density at radius 3 is 2.52 bits per heavy atom. The molecule has 0 saturated carbocycles. The first-order valence-electron chi connectivity index (χ1n) is 8.93. The van der Waals surface area contributed by atoms with Crippen LogP contribution in [0.3, 0.4) is 0 Å². The van der Waals surface area contributed by atoms with Gasteiger partial charge in [0.2, 0.25) is 5.91 Å². The van der Waals surface area contributed by atoms with Crippen molar-refractivity contribution in [3.05, 3.63) is 30.1 Å². The van der Waals surface area contributed by atoms with Gasteiger partial charge in [0.25, 0.3) is 0 Å². The van der Waals surface area contributed by atoms with Gasteiger partial charge in [0.05, 0.1) is 6.54 Å². The number of piperidine rings is 1. The summed E-state index contributed by atoms with van der Waals surface area (Å²) in [5, 5.41) is 5.61. The highest BCUT2D eigenvalue weighted by Gasteiger charge is 2.27. The molecule has 1 atom stereocenters. The molecule has 2 N–H and O–H groups in total. The van der Waals surface area contributed by atoms with Gasteiger partial charge in [0, 0.05) is 37.9 Å². The maximum Gasteiger partial charge on any atom is 0.319 e. The molecule has 3 rings (SSSR count). The molecule has 2 fully saturated rings. The number of nitrogens with zero attached hydrogens (tertiary/aromatic N) is 2. The molecule has 3 amide bonds. The third-order valence-corrected chi connectivity index (χ3v) is 4.78. The van der Waals surface area contributed by atoms with Crippen molar-refractivity contribution in [2.75, 3.05) is 38.0 Å². The van der Waals surface area contributed by atoms with E-state index in [2.05, 4.69) is 15.5 Å². The zero-order chi connectivity index (χ0) is 17.6.